The van der Waals surface area contributed by atoms with Gasteiger partial charge in [0.05, 0.1) is 13.2 Å². The van der Waals surface area contributed by atoms with Crippen LogP contribution in [0.1, 0.15) is 246 Å². The van der Waals surface area contributed by atoms with Gasteiger partial charge in [-0.2, -0.15) is 0 Å². The molecule has 1 fully saturated rings. The van der Waals surface area contributed by atoms with Gasteiger partial charge < -0.3 is 24.0 Å². The monoisotopic (exact) mass is 849 g/mol. The molecule has 1 aliphatic heterocycles. The van der Waals surface area contributed by atoms with Gasteiger partial charge in [0.2, 0.25) is 0 Å². The predicted molar refractivity (Wildman–Crippen MR) is 252 cm³/mol. The van der Waals surface area contributed by atoms with Crippen LogP contribution in [0.5, 0.6) is 0 Å². The molecule has 0 amide bonds. The van der Waals surface area contributed by atoms with Crippen LogP contribution in [0, 0.1) is 11.8 Å². The normalized spacial score (nSPS) is 13.8. The Morgan fingerprint density at radius 1 is 0.433 bits per heavy atom. The van der Waals surface area contributed by atoms with E-state index in [1.807, 2.05) is 0 Å². The number of piperazine rings is 1. The molecule has 0 aromatic heterocycles. The highest BCUT2D eigenvalue weighted by Gasteiger charge is 2.18. The van der Waals surface area contributed by atoms with E-state index in [-0.39, 0.29) is 24.0 Å². The number of unbranched alkanes of at least 4 members (excludes halogenated alkanes) is 18. The number of hydrogen-bond acceptors (Lipinski definition) is 8. The Morgan fingerprint density at radius 3 is 1.20 bits per heavy atom. The second-order valence-corrected chi connectivity index (χ2v) is 18.7. The van der Waals surface area contributed by atoms with Crippen LogP contribution < -0.4 is 0 Å². The Balaban J connectivity index is 2.33. The van der Waals surface area contributed by atoms with Crippen LogP contribution in [0.15, 0.2) is 0 Å². The molecule has 0 unspecified atom stereocenters. The van der Waals surface area contributed by atoms with Gasteiger partial charge in [-0.3, -0.25) is 14.4 Å². The summed E-state index contributed by atoms with van der Waals surface area (Å²) >= 11 is 0. The molecule has 0 spiro atoms. The lowest BCUT2D eigenvalue weighted by atomic mass is 9.92. The molecule has 0 saturated carbocycles. The Bertz CT molecular complexity index is 910. The first-order chi connectivity index (χ1) is 29.3. The molecule has 1 rings (SSSR count). The fourth-order valence-corrected chi connectivity index (χ4v) is 8.78. The molecular formula is C52H100N2O6. The Labute approximate surface area is 372 Å². The minimum absolute atomic E-state index is 0.000264. The summed E-state index contributed by atoms with van der Waals surface area (Å²) in [7, 11) is 2.18. The van der Waals surface area contributed by atoms with Crippen molar-refractivity contribution in [1.29, 1.82) is 0 Å². The van der Waals surface area contributed by atoms with Gasteiger partial charge in [0.1, 0.15) is 6.10 Å². The van der Waals surface area contributed by atoms with Crippen LogP contribution in [-0.2, 0) is 28.6 Å². The minimum atomic E-state index is -0.0281. The molecule has 0 aromatic rings. The lowest BCUT2D eigenvalue weighted by Gasteiger charge is -2.32. The number of likely N-dealkylation sites (N-methyl/N-ethyl adjacent to an activating group) is 1. The van der Waals surface area contributed by atoms with Gasteiger partial charge in [0, 0.05) is 45.4 Å². The summed E-state index contributed by atoms with van der Waals surface area (Å²) in [5, 5.41) is 0. The van der Waals surface area contributed by atoms with Crippen LogP contribution in [0.25, 0.3) is 0 Å². The summed E-state index contributed by atoms with van der Waals surface area (Å²) in [6.45, 7) is 15.4. The van der Waals surface area contributed by atoms with Gasteiger partial charge >= 0.3 is 17.9 Å². The van der Waals surface area contributed by atoms with Crippen molar-refractivity contribution in [2.45, 2.75) is 252 Å². The van der Waals surface area contributed by atoms with Crippen LogP contribution in [0.4, 0.5) is 0 Å². The zero-order valence-electron chi connectivity index (χ0n) is 40.6. The molecule has 0 bridgehead atoms. The molecule has 0 aliphatic carbocycles. The average molecular weight is 849 g/mol. The highest BCUT2D eigenvalue weighted by atomic mass is 16.5. The largest absolute Gasteiger partial charge is 0.466 e. The second-order valence-electron chi connectivity index (χ2n) is 18.7. The Hall–Kier alpha value is -1.67. The maximum atomic E-state index is 12.9. The van der Waals surface area contributed by atoms with Crippen molar-refractivity contribution >= 4 is 17.9 Å². The van der Waals surface area contributed by atoms with Gasteiger partial charge in [0.25, 0.3) is 0 Å². The van der Waals surface area contributed by atoms with Crippen molar-refractivity contribution in [3.8, 4) is 0 Å². The standard InChI is InChI=1S/C52H100N2O6/c1-6-10-22-31-47(32-23-11-7-2)45-51(56)58-43-28-20-16-14-18-26-35-49(60-50(55)37-30-38-54-41-39-53(5)40-42-54)36-27-19-15-17-21-29-44-59-52(57)46-48(33-24-12-8-3)34-25-13-9-4/h47-49H,6-46H2,1-5H3. The number of esters is 3. The van der Waals surface area contributed by atoms with Crippen molar-refractivity contribution in [3.05, 3.63) is 0 Å². The number of rotatable bonds is 43. The highest BCUT2D eigenvalue weighted by molar-refractivity contribution is 5.70. The van der Waals surface area contributed by atoms with Crippen LogP contribution >= 0.6 is 0 Å². The average Bonchev–Trinajstić information content (AvgIpc) is 3.23. The highest BCUT2D eigenvalue weighted by Crippen LogP contribution is 2.24. The third-order valence-corrected chi connectivity index (χ3v) is 12.9. The van der Waals surface area contributed by atoms with E-state index in [4.69, 9.17) is 14.2 Å². The van der Waals surface area contributed by atoms with E-state index in [0.717, 1.165) is 142 Å². The summed E-state index contributed by atoms with van der Waals surface area (Å²) in [4.78, 5) is 42.9. The van der Waals surface area contributed by atoms with Gasteiger partial charge in [0.15, 0.2) is 0 Å². The molecule has 354 valence electrons. The van der Waals surface area contributed by atoms with Crippen molar-refractivity contribution in [2.24, 2.45) is 11.8 Å². The van der Waals surface area contributed by atoms with E-state index in [2.05, 4.69) is 44.5 Å². The summed E-state index contributed by atoms with van der Waals surface area (Å²) in [6.07, 6.45) is 37.1. The molecule has 1 aliphatic rings. The third kappa shape index (κ3) is 34.9. The van der Waals surface area contributed by atoms with E-state index >= 15 is 0 Å². The molecule has 60 heavy (non-hydrogen) atoms. The van der Waals surface area contributed by atoms with Crippen LogP contribution in [0.2, 0.25) is 0 Å². The third-order valence-electron chi connectivity index (χ3n) is 12.9. The first kappa shape index (κ1) is 56.3. The summed E-state index contributed by atoms with van der Waals surface area (Å²) in [5.74, 6) is 0.941. The Morgan fingerprint density at radius 2 is 0.800 bits per heavy atom. The van der Waals surface area contributed by atoms with E-state index in [9.17, 15) is 14.4 Å². The molecule has 1 saturated heterocycles. The van der Waals surface area contributed by atoms with Crippen molar-refractivity contribution < 1.29 is 28.6 Å². The molecule has 1 heterocycles. The van der Waals surface area contributed by atoms with E-state index < -0.39 is 0 Å². The van der Waals surface area contributed by atoms with Gasteiger partial charge in [-0.25, -0.2) is 0 Å². The van der Waals surface area contributed by atoms with Gasteiger partial charge in [-0.1, -0.05) is 156 Å². The summed E-state index contributed by atoms with van der Waals surface area (Å²) in [6, 6.07) is 0. The second kappa shape index (κ2) is 41.3. The van der Waals surface area contributed by atoms with Crippen molar-refractivity contribution in [2.75, 3.05) is 53.0 Å². The maximum Gasteiger partial charge on any atom is 0.306 e. The quantitative estimate of drug-likeness (QED) is 0.0341. The smallest absolute Gasteiger partial charge is 0.306 e. The number of carbonyl (C=O) groups excluding carboxylic acids is 3. The van der Waals surface area contributed by atoms with Gasteiger partial charge in [-0.05, 0) is 96.1 Å². The fourth-order valence-electron chi connectivity index (χ4n) is 8.78. The van der Waals surface area contributed by atoms with E-state index in [0.29, 0.717) is 44.3 Å². The van der Waals surface area contributed by atoms with E-state index in [1.165, 1.54) is 89.9 Å². The predicted octanol–water partition coefficient (Wildman–Crippen LogP) is 13.8. The number of carbonyl (C=O) groups is 3. The van der Waals surface area contributed by atoms with Crippen molar-refractivity contribution in [1.82, 2.24) is 9.80 Å². The Kier molecular flexibility index (Phi) is 38.8. The first-order valence-corrected chi connectivity index (χ1v) is 26.2. The summed E-state index contributed by atoms with van der Waals surface area (Å²) in [5.41, 5.74) is 0. The molecule has 0 aromatic carbocycles. The fraction of sp³-hybridized carbons (Fsp3) is 0.942. The molecule has 0 N–H and O–H groups in total. The van der Waals surface area contributed by atoms with Crippen LogP contribution in [0.3, 0.4) is 0 Å². The minimum Gasteiger partial charge on any atom is -0.466 e. The zero-order chi connectivity index (χ0) is 43.7. The zero-order valence-corrected chi connectivity index (χ0v) is 40.6. The molecular weight excluding hydrogens is 749 g/mol. The van der Waals surface area contributed by atoms with Gasteiger partial charge in [-0.15, -0.1) is 0 Å². The number of hydrogen-bond donors (Lipinski definition) is 0. The molecule has 0 radical (unpaired) electrons. The van der Waals surface area contributed by atoms with Crippen LogP contribution in [-0.4, -0.2) is 86.8 Å². The molecule has 0 atom stereocenters. The topological polar surface area (TPSA) is 85.4 Å². The molecule has 8 nitrogen and oxygen atoms in total. The lowest BCUT2D eigenvalue weighted by Crippen LogP contribution is -2.44. The lowest BCUT2D eigenvalue weighted by molar-refractivity contribution is -0.150. The molecule has 8 heteroatoms. The number of nitrogens with zero attached hydrogens (tertiary/aromatic N) is 2. The SMILES string of the molecule is CCCCCC(CCCCC)CC(=O)OCCCCCCCCC(CCCCCCCCOC(=O)CC(CCCCC)CCCCC)OC(=O)CCCN1CCN(C)CC1. The van der Waals surface area contributed by atoms with E-state index in [1.54, 1.807) is 0 Å². The first-order valence-electron chi connectivity index (χ1n) is 26.2. The maximum absolute atomic E-state index is 12.9. The number of ether oxygens (including phenoxy) is 3. The summed E-state index contributed by atoms with van der Waals surface area (Å²) < 4.78 is 17.4. The van der Waals surface area contributed by atoms with Crippen molar-refractivity contribution in [3.63, 3.8) is 0 Å².